The molecule has 1 N–H and O–H groups in total. The lowest BCUT2D eigenvalue weighted by Crippen LogP contribution is -2.47. The van der Waals surface area contributed by atoms with Crippen molar-refractivity contribution in [2.45, 2.75) is 32.1 Å². The van der Waals surface area contributed by atoms with Crippen LogP contribution in [0.4, 0.5) is 6.01 Å². The predicted octanol–water partition coefficient (Wildman–Crippen LogP) is 4.61. The van der Waals surface area contributed by atoms with Crippen LogP contribution in [0, 0.1) is 12.3 Å². The molecule has 1 amide bonds. The van der Waals surface area contributed by atoms with E-state index in [4.69, 9.17) is 4.42 Å². The van der Waals surface area contributed by atoms with Crippen LogP contribution in [0.15, 0.2) is 59.2 Å². The van der Waals surface area contributed by atoms with Gasteiger partial charge in [0, 0.05) is 11.8 Å². The molecular weight excluding hydrogens is 324 g/mol. The van der Waals surface area contributed by atoms with Crippen LogP contribution in [-0.4, -0.2) is 10.9 Å². The third kappa shape index (κ3) is 2.02. The van der Waals surface area contributed by atoms with Gasteiger partial charge in [-0.15, -0.1) is 0 Å². The van der Waals surface area contributed by atoms with E-state index in [1.54, 1.807) is 6.26 Å². The molecule has 2 bridgehead atoms. The summed E-state index contributed by atoms with van der Waals surface area (Å²) in [6, 6.07) is 17.3. The molecule has 3 aromatic rings. The fraction of sp³-hybridized carbons (Fsp3) is 0.273. The summed E-state index contributed by atoms with van der Waals surface area (Å²) < 4.78 is 5.35. The van der Waals surface area contributed by atoms with Crippen molar-refractivity contribution in [2.24, 2.45) is 5.41 Å². The van der Waals surface area contributed by atoms with Gasteiger partial charge >= 0.3 is 6.01 Å². The Hall–Kier alpha value is -2.88. The first-order valence-electron chi connectivity index (χ1n) is 8.99. The second-order valence-corrected chi connectivity index (χ2v) is 7.61. The van der Waals surface area contributed by atoms with Gasteiger partial charge in [-0.05, 0) is 42.5 Å². The lowest BCUT2D eigenvalue weighted by molar-refractivity contribution is -0.126. The monoisotopic (exact) mass is 344 g/mol. The van der Waals surface area contributed by atoms with E-state index in [0.717, 1.165) is 12.1 Å². The Labute approximate surface area is 152 Å². The van der Waals surface area contributed by atoms with Crippen LogP contribution < -0.4 is 5.32 Å². The number of carbonyl (C=O) groups is 1. The van der Waals surface area contributed by atoms with E-state index in [-0.39, 0.29) is 23.8 Å². The average molecular weight is 344 g/mol. The standard InChI is InChI=1S/C22H20N2O2/c1-13-12-26-21(23-13)24-20(25)22(2)11-18-14-7-3-5-9-16(14)19(22)17-10-6-4-8-15(17)18/h3-10,12,18-19H,11H2,1-2H3,(H,23,24,25). The molecule has 1 heterocycles. The molecule has 1 aromatic heterocycles. The number of benzene rings is 2. The Balaban J connectivity index is 1.62. The van der Waals surface area contributed by atoms with Crippen LogP contribution >= 0.6 is 0 Å². The van der Waals surface area contributed by atoms with Crippen LogP contribution in [-0.2, 0) is 4.79 Å². The average Bonchev–Trinajstić information content (AvgIpc) is 3.06. The molecular formula is C22H20N2O2. The first-order valence-corrected chi connectivity index (χ1v) is 8.99. The van der Waals surface area contributed by atoms with Gasteiger partial charge in [0.15, 0.2) is 0 Å². The number of amides is 1. The van der Waals surface area contributed by atoms with Gasteiger partial charge in [0.2, 0.25) is 5.91 Å². The lowest BCUT2D eigenvalue weighted by Gasteiger charge is -2.50. The van der Waals surface area contributed by atoms with Gasteiger partial charge in [0.05, 0.1) is 11.1 Å². The fourth-order valence-corrected chi connectivity index (χ4v) is 4.84. The Morgan fingerprint density at radius 3 is 2.19 bits per heavy atom. The molecule has 1 atom stereocenters. The smallest absolute Gasteiger partial charge is 0.301 e. The van der Waals surface area contributed by atoms with Crippen molar-refractivity contribution >= 4 is 11.9 Å². The zero-order valence-electron chi connectivity index (χ0n) is 14.8. The summed E-state index contributed by atoms with van der Waals surface area (Å²) in [7, 11) is 0. The molecule has 3 aliphatic rings. The lowest BCUT2D eigenvalue weighted by atomic mass is 9.52. The molecule has 0 fully saturated rings. The third-order valence-electron chi connectivity index (χ3n) is 5.99. The fourth-order valence-electron chi connectivity index (χ4n) is 4.84. The SMILES string of the molecule is Cc1coc(NC(=O)C2(C)CC3c4ccccc4C2c2ccccc23)n1. The number of aromatic nitrogens is 1. The van der Waals surface area contributed by atoms with Crippen LogP contribution in [0.25, 0.3) is 0 Å². The number of anilines is 1. The maximum absolute atomic E-state index is 13.3. The number of hydrogen-bond donors (Lipinski definition) is 1. The second kappa shape index (κ2) is 5.31. The molecule has 130 valence electrons. The summed E-state index contributed by atoms with van der Waals surface area (Å²) in [6.07, 6.45) is 2.34. The van der Waals surface area contributed by atoms with Crippen molar-refractivity contribution in [2.75, 3.05) is 5.32 Å². The highest BCUT2D eigenvalue weighted by atomic mass is 16.4. The zero-order valence-corrected chi connectivity index (χ0v) is 14.8. The maximum atomic E-state index is 13.3. The van der Waals surface area contributed by atoms with E-state index in [9.17, 15) is 4.79 Å². The maximum Gasteiger partial charge on any atom is 0.301 e. The summed E-state index contributed by atoms with van der Waals surface area (Å²) in [5.41, 5.74) is 5.45. The highest BCUT2D eigenvalue weighted by molar-refractivity contribution is 5.95. The molecule has 4 nitrogen and oxygen atoms in total. The van der Waals surface area contributed by atoms with Crippen molar-refractivity contribution in [1.29, 1.82) is 0 Å². The first kappa shape index (κ1) is 15.4. The van der Waals surface area contributed by atoms with E-state index in [2.05, 4.69) is 65.8 Å². The molecule has 2 aromatic carbocycles. The highest BCUT2D eigenvalue weighted by Crippen LogP contribution is 2.61. The predicted molar refractivity (Wildman–Crippen MR) is 99.2 cm³/mol. The topological polar surface area (TPSA) is 55.1 Å². The molecule has 1 unspecified atom stereocenters. The van der Waals surface area contributed by atoms with E-state index in [1.807, 2.05) is 6.92 Å². The minimum atomic E-state index is -0.546. The van der Waals surface area contributed by atoms with Gasteiger partial charge in [-0.25, -0.2) is 0 Å². The van der Waals surface area contributed by atoms with Crippen molar-refractivity contribution < 1.29 is 9.21 Å². The quantitative estimate of drug-likeness (QED) is 0.739. The number of nitrogens with zero attached hydrogens (tertiary/aromatic N) is 1. The summed E-state index contributed by atoms with van der Waals surface area (Å²) in [4.78, 5) is 17.5. The van der Waals surface area contributed by atoms with E-state index in [0.29, 0.717) is 0 Å². The molecule has 4 heteroatoms. The number of fused-ring (bicyclic) bond motifs is 1. The molecule has 26 heavy (non-hydrogen) atoms. The number of aryl methyl sites for hydroxylation is 1. The van der Waals surface area contributed by atoms with E-state index < -0.39 is 5.41 Å². The number of rotatable bonds is 2. The van der Waals surface area contributed by atoms with Crippen LogP contribution in [0.5, 0.6) is 0 Å². The molecule has 3 aliphatic carbocycles. The van der Waals surface area contributed by atoms with Gasteiger partial charge in [0.25, 0.3) is 0 Å². The van der Waals surface area contributed by atoms with Gasteiger partial charge in [-0.2, -0.15) is 4.98 Å². The van der Waals surface area contributed by atoms with Crippen molar-refractivity contribution in [3.8, 4) is 0 Å². The summed E-state index contributed by atoms with van der Waals surface area (Å²) in [5, 5.41) is 2.90. The van der Waals surface area contributed by atoms with E-state index in [1.165, 1.54) is 22.3 Å². The zero-order chi connectivity index (χ0) is 17.9. The second-order valence-electron chi connectivity index (χ2n) is 7.61. The van der Waals surface area contributed by atoms with Gasteiger partial charge in [-0.3, -0.25) is 10.1 Å². The van der Waals surface area contributed by atoms with Crippen molar-refractivity contribution in [3.05, 3.63) is 82.7 Å². The number of hydrogen-bond acceptors (Lipinski definition) is 3. The Kier molecular flexibility index (Phi) is 3.14. The Bertz CT molecular complexity index is 975. The first-order chi connectivity index (χ1) is 12.6. The van der Waals surface area contributed by atoms with Crippen molar-refractivity contribution in [3.63, 3.8) is 0 Å². The summed E-state index contributed by atoms with van der Waals surface area (Å²) in [5.74, 6) is 0.253. The largest absolute Gasteiger partial charge is 0.432 e. The molecule has 0 saturated carbocycles. The van der Waals surface area contributed by atoms with Gasteiger partial charge in [0.1, 0.15) is 6.26 Å². The molecule has 6 rings (SSSR count). The molecule has 0 spiro atoms. The molecule has 0 radical (unpaired) electrons. The summed E-state index contributed by atoms with van der Waals surface area (Å²) in [6.45, 7) is 3.91. The Morgan fingerprint density at radius 2 is 1.65 bits per heavy atom. The van der Waals surface area contributed by atoms with E-state index >= 15 is 0 Å². The van der Waals surface area contributed by atoms with Crippen molar-refractivity contribution in [1.82, 2.24) is 4.98 Å². The Morgan fingerprint density at radius 1 is 1.08 bits per heavy atom. The number of carbonyl (C=O) groups excluding carboxylic acids is 1. The molecule has 0 saturated heterocycles. The third-order valence-corrected chi connectivity index (χ3v) is 5.99. The highest BCUT2D eigenvalue weighted by Gasteiger charge is 2.54. The van der Waals surface area contributed by atoms with Gasteiger partial charge in [-0.1, -0.05) is 48.5 Å². The van der Waals surface area contributed by atoms with Crippen LogP contribution in [0.1, 0.15) is 53.1 Å². The van der Waals surface area contributed by atoms with Crippen LogP contribution in [0.2, 0.25) is 0 Å². The summed E-state index contributed by atoms with van der Waals surface area (Å²) >= 11 is 0. The number of oxazole rings is 1. The number of nitrogens with one attached hydrogen (secondary N) is 1. The minimum absolute atomic E-state index is 0.0293. The normalized spacial score (nSPS) is 25.5. The van der Waals surface area contributed by atoms with Gasteiger partial charge < -0.3 is 4.42 Å². The van der Waals surface area contributed by atoms with Crippen LogP contribution in [0.3, 0.4) is 0 Å². The minimum Gasteiger partial charge on any atom is -0.432 e. The molecule has 0 aliphatic heterocycles.